The third-order valence-electron chi connectivity index (χ3n) is 2.14. The van der Waals surface area contributed by atoms with Gasteiger partial charge in [0.05, 0.1) is 12.1 Å². The Kier molecular flexibility index (Phi) is 4.05. The maximum atomic E-state index is 6.00. The van der Waals surface area contributed by atoms with Crippen LogP contribution in [0.25, 0.3) is 0 Å². The minimum Gasteiger partial charge on any atom is -0.495 e. The second kappa shape index (κ2) is 4.87. The molecule has 1 atom stereocenters. The lowest BCUT2D eigenvalue weighted by Gasteiger charge is -2.16. The van der Waals surface area contributed by atoms with Crippen molar-refractivity contribution >= 4 is 23.2 Å². The van der Waals surface area contributed by atoms with Crippen molar-refractivity contribution in [2.75, 3.05) is 14.2 Å². The molecule has 1 unspecified atom stereocenters. The van der Waals surface area contributed by atoms with Crippen LogP contribution in [0.1, 0.15) is 18.5 Å². The van der Waals surface area contributed by atoms with Crippen LogP contribution in [-0.2, 0) is 0 Å². The third kappa shape index (κ3) is 2.32. The fourth-order valence-electron chi connectivity index (χ4n) is 1.27. The van der Waals surface area contributed by atoms with Gasteiger partial charge in [0.1, 0.15) is 5.75 Å². The average molecular weight is 234 g/mol. The summed E-state index contributed by atoms with van der Waals surface area (Å²) in [6.45, 7) is 2.02. The van der Waals surface area contributed by atoms with E-state index in [9.17, 15) is 0 Å². The number of halogens is 2. The Hall–Kier alpha value is -0.440. The average Bonchev–Trinajstić information content (AvgIpc) is 2.15. The van der Waals surface area contributed by atoms with Gasteiger partial charge in [0.15, 0.2) is 0 Å². The smallest absolute Gasteiger partial charge is 0.142 e. The molecule has 78 valence electrons. The molecule has 0 aromatic heterocycles. The molecule has 0 fully saturated rings. The predicted molar refractivity (Wildman–Crippen MR) is 60.5 cm³/mol. The van der Waals surface area contributed by atoms with Crippen LogP contribution in [0.4, 0.5) is 0 Å². The van der Waals surface area contributed by atoms with E-state index < -0.39 is 0 Å². The van der Waals surface area contributed by atoms with Crippen LogP contribution in [0.15, 0.2) is 12.1 Å². The molecule has 4 heteroatoms. The summed E-state index contributed by atoms with van der Waals surface area (Å²) in [4.78, 5) is 0. The summed E-state index contributed by atoms with van der Waals surface area (Å²) in [6, 6.07) is 3.68. The van der Waals surface area contributed by atoms with Crippen molar-refractivity contribution in [2.24, 2.45) is 0 Å². The van der Waals surface area contributed by atoms with Gasteiger partial charge in [-0.15, -0.1) is 0 Å². The number of hydrogen-bond donors (Lipinski definition) is 1. The van der Waals surface area contributed by atoms with Gasteiger partial charge in [0.25, 0.3) is 0 Å². The Labute approximate surface area is 94.2 Å². The van der Waals surface area contributed by atoms with Gasteiger partial charge in [-0.1, -0.05) is 23.2 Å². The number of benzene rings is 1. The molecule has 2 nitrogen and oxygen atoms in total. The third-order valence-corrected chi connectivity index (χ3v) is 2.64. The summed E-state index contributed by atoms with van der Waals surface area (Å²) >= 11 is 11.9. The van der Waals surface area contributed by atoms with E-state index in [1.165, 1.54) is 0 Å². The molecule has 1 aromatic carbocycles. The van der Waals surface area contributed by atoms with Crippen molar-refractivity contribution in [3.05, 3.63) is 27.7 Å². The highest BCUT2D eigenvalue weighted by Crippen LogP contribution is 2.35. The topological polar surface area (TPSA) is 21.3 Å². The van der Waals surface area contributed by atoms with Crippen LogP contribution in [0.2, 0.25) is 10.0 Å². The lowest BCUT2D eigenvalue weighted by molar-refractivity contribution is 0.404. The Morgan fingerprint density at radius 2 is 2.00 bits per heavy atom. The molecule has 1 aromatic rings. The molecule has 0 heterocycles. The normalized spacial score (nSPS) is 12.6. The maximum absolute atomic E-state index is 6.00. The van der Waals surface area contributed by atoms with Crippen molar-refractivity contribution in [1.29, 1.82) is 0 Å². The second-order valence-electron chi connectivity index (χ2n) is 3.02. The van der Waals surface area contributed by atoms with Crippen LogP contribution in [0.5, 0.6) is 5.75 Å². The van der Waals surface area contributed by atoms with Gasteiger partial charge in [0.2, 0.25) is 0 Å². The van der Waals surface area contributed by atoms with Crippen LogP contribution in [-0.4, -0.2) is 14.2 Å². The van der Waals surface area contributed by atoms with Crippen molar-refractivity contribution in [3.63, 3.8) is 0 Å². The zero-order chi connectivity index (χ0) is 10.7. The Bertz CT molecular complexity index is 328. The zero-order valence-corrected chi connectivity index (χ0v) is 9.91. The molecule has 1 rings (SSSR count). The van der Waals surface area contributed by atoms with Crippen LogP contribution >= 0.6 is 23.2 Å². The lowest BCUT2D eigenvalue weighted by Crippen LogP contribution is -2.13. The first-order valence-electron chi connectivity index (χ1n) is 4.30. The van der Waals surface area contributed by atoms with Crippen molar-refractivity contribution < 1.29 is 4.74 Å². The minimum absolute atomic E-state index is 0.154. The first-order chi connectivity index (χ1) is 6.60. The summed E-state index contributed by atoms with van der Waals surface area (Å²) < 4.78 is 5.22. The molecule has 1 N–H and O–H groups in total. The molecule has 0 bridgehead atoms. The molecule has 0 aliphatic rings. The van der Waals surface area contributed by atoms with Gasteiger partial charge in [-0.05, 0) is 26.1 Å². The fraction of sp³-hybridized carbons (Fsp3) is 0.400. The maximum Gasteiger partial charge on any atom is 0.142 e. The molecule has 0 spiro atoms. The number of hydrogen-bond acceptors (Lipinski definition) is 2. The van der Waals surface area contributed by atoms with Gasteiger partial charge < -0.3 is 10.1 Å². The largest absolute Gasteiger partial charge is 0.495 e. The highest BCUT2D eigenvalue weighted by atomic mass is 35.5. The van der Waals surface area contributed by atoms with E-state index in [0.29, 0.717) is 15.8 Å². The molecule has 0 radical (unpaired) electrons. The van der Waals surface area contributed by atoms with E-state index in [1.807, 2.05) is 20.0 Å². The predicted octanol–water partition coefficient (Wildman–Crippen LogP) is 3.28. The number of nitrogens with one attached hydrogen (secondary N) is 1. The van der Waals surface area contributed by atoms with E-state index in [0.717, 1.165) is 5.56 Å². The summed E-state index contributed by atoms with van der Waals surface area (Å²) in [7, 11) is 3.47. The van der Waals surface area contributed by atoms with E-state index in [1.54, 1.807) is 13.2 Å². The van der Waals surface area contributed by atoms with Crippen LogP contribution in [0.3, 0.4) is 0 Å². The van der Waals surface area contributed by atoms with Crippen molar-refractivity contribution in [3.8, 4) is 5.75 Å². The Morgan fingerprint density at radius 3 is 2.50 bits per heavy atom. The van der Waals surface area contributed by atoms with E-state index in [4.69, 9.17) is 27.9 Å². The second-order valence-corrected chi connectivity index (χ2v) is 3.86. The van der Waals surface area contributed by atoms with Gasteiger partial charge in [-0.2, -0.15) is 0 Å². The molecule has 14 heavy (non-hydrogen) atoms. The van der Waals surface area contributed by atoms with E-state index in [2.05, 4.69) is 5.32 Å². The number of rotatable bonds is 3. The molecular weight excluding hydrogens is 221 g/mol. The summed E-state index contributed by atoms with van der Waals surface area (Å²) in [6.07, 6.45) is 0. The quantitative estimate of drug-likeness (QED) is 0.866. The summed E-state index contributed by atoms with van der Waals surface area (Å²) in [5.41, 5.74) is 0.965. The molecule has 0 amide bonds. The number of methoxy groups -OCH3 is 1. The highest BCUT2D eigenvalue weighted by Gasteiger charge is 2.13. The monoisotopic (exact) mass is 233 g/mol. The Balaban J connectivity index is 3.24. The first kappa shape index (κ1) is 11.6. The van der Waals surface area contributed by atoms with Crippen LogP contribution < -0.4 is 10.1 Å². The first-order valence-corrected chi connectivity index (χ1v) is 5.06. The fourth-order valence-corrected chi connectivity index (χ4v) is 1.86. The molecule has 0 saturated carbocycles. The van der Waals surface area contributed by atoms with Gasteiger partial charge >= 0.3 is 0 Å². The number of ether oxygens (including phenoxy) is 1. The van der Waals surface area contributed by atoms with Gasteiger partial charge in [0, 0.05) is 16.6 Å². The highest BCUT2D eigenvalue weighted by molar-refractivity contribution is 6.35. The van der Waals surface area contributed by atoms with Crippen molar-refractivity contribution in [1.82, 2.24) is 5.32 Å². The summed E-state index contributed by atoms with van der Waals surface area (Å²) in [5.74, 6) is 0.679. The summed E-state index contributed by atoms with van der Waals surface area (Å²) in [5, 5.41) is 4.27. The molecule has 0 saturated heterocycles. The van der Waals surface area contributed by atoms with Gasteiger partial charge in [-0.25, -0.2) is 0 Å². The van der Waals surface area contributed by atoms with E-state index in [-0.39, 0.29) is 6.04 Å². The van der Waals surface area contributed by atoms with Gasteiger partial charge in [-0.3, -0.25) is 0 Å². The van der Waals surface area contributed by atoms with Crippen molar-refractivity contribution in [2.45, 2.75) is 13.0 Å². The SMILES string of the molecule is CNC(C)c1cc(Cl)cc(Cl)c1OC. The van der Waals surface area contributed by atoms with Crippen LogP contribution in [0, 0.1) is 0 Å². The standard InChI is InChI=1S/C10H13Cl2NO/c1-6(13-2)8-4-7(11)5-9(12)10(8)14-3/h4-6,13H,1-3H3. The minimum atomic E-state index is 0.154. The Morgan fingerprint density at radius 1 is 1.36 bits per heavy atom. The zero-order valence-electron chi connectivity index (χ0n) is 8.40. The molecule has 0 aliphatic carbocycles. The lowest BCUT2D eigenvalue weighted by atomic mass is 10.1. The van der Waals surface area contributed by atoms with E-state index >= 15 is 0 Å². The molecular formula is C10H13Cl2NO. The molecule has 0 aliphatic heterocycles.